The summed E-state index contributed by atoms with van der Waals surface area (Å²) < 4.78 is 0.712. The molecule has 0 atom stereocenters. The first-order valence-electron chi connectivity index (χ1n) is 4.34. The molecule has 0 spiro atoms. The number of likely N-dealkylation sites (N-methyl/N-ethyl adjacent to an activating group) is 1. The monoisotopic (exact) mass is 305 g/mol. The largest absolute Gasteiger partial charge is 0.480 e. The maximum absolute atomic E-state index is 11.8. The minimum absolute atomic E-state index is 0.278. The van der Waals surface area contributed by atoms with Crippen molar-refractivity contribution >= 4 is 39.4 Å². The van der Waals surface area contributed by atoms with Gasteiger partial charge in [0.25, 0.3) is 5.91 Å². The fourth-order valence-corrected chi connectivity index (χ4v) is 1.70. The van der Waals surface area contributed by atoms with E-state index in [0.29, 0.717) is 9.50 Å². The molecule has 6 heteroatoms. The van der Waals surface area contributed by atoms with Crippen LogP contribution >= 0.6 is 27.5 Å². The van der Waals surface area contributed by atoms with Crippen LogP contribution < -0.4 is 0 Å². The Balaban J connectivity index is 2.95. The number of hydrogen-bond donors (Lipinski definition) is 1. The van der Waals surface area contributed by atoms with Crippen molar-refractivity contribution in [1.29, 1.82) is 0 Å². The third-order valence-electron chi connectivity index (χ3n) is 1.88. The van der Waals surface area contributed by atoms with Gasteiger partial charge in [-0.2, -0.15) is 0 Å². The second-order valence-electron chi connectivity index (χ2n) is 3.18. The van der Waals surface area contributed by atoms with Crippen LogP contribution in [-0.2, 0) is 4.79 Å². The number of rotatable bonds is 3. The van der Waals surface area contributed by atoms with Crippen LogP contribution in [0.4, 0.5) is 0 Å². The fourth-order valence-electron chi connectivity index (χ4n) is 1.14. The lowest BCUT2D eigenvalue weighted by Gasteiger charge is -2.15. The lowest BCUT2D eigenvalue weighted by Crippen LogP contribution is -2.32. The SMILES string of the molecule is CN(CC(=O)O)C(=O)c1cc(Br)ccc1Cl. The molecule has 0 saturated carbocycles. The lowest BCUT2D eigenvalue weighted by molar-refractivity contribution is -0.137. The number of benzene rings is 1. The van der Waals surface area contributed by atoms with E-state index in [0.717, 1.165) is 4.90 Å². The first-order chi connectivity index (χ1) is 7.41. The summed E-state index contributed by atoms with van der Waals surface area (Å²) in [5.41, 5.74) is 0.278. The standard InChI is InChI=1S/C10H9BrClNO3/c1-13(5-9(14)15)10(16)7-4-6(11)2-3-8(7)12/h2-4H,5H2,1H3,(H,14,15). The average molecular weight is 307 g/mol. The average Bonchev–Trinajstić information content (AvgIpc) is 2.19. The van der Waals surface area contributed by atoms with E-state index < -0.39 is 11.9 Å². The number of carbonyl (C=O) groups excluding carboxylic acids is 1. The predicted octanol–water partition coefficient (Wildman–Crippen LogP) is 2.26. The molecule has 0 fully saturated rings. The minimum atomic E-state index is -1.07. The second kappa shape index (κ2) is 5.32. The van der Waals surface area contributed by atoms with Gasteiger partial charge in [0.15, 0.2) is 0 Å². The molecular formula is C10H9BrClNO3. The number of amides is 1. The molecule has 0 bridgehead atoms. The summed E-state index contributed by atoms with van der Waals surface area (Å²) in [4.78, 5) is 23.4. The van der Waals surface area contributed by atoms with Crippen LogP contribution in [0.25, 0.3) is 0 Å². The quantitative estimate of drug-likeness (QED) is 0.932. The minimum Gasteiger partial charge on any atom is -0.480 e. The molecule has 1 aromatic carbocycles. The Morgan fingerprint density at radius 2 is 2.12 bits per heavy atom. The molecule has 0 aliphatic rings. The molecule has 1 aromatic rings. The Morgan fingerprint density at radius 3 is 2.69 bits per heavy atom. The molecule has 1 amide bonds. The highest BCUT2D eigenvalue weighted by Crippen LogP contribution is 2.22. The Kier molecular flexibility index (Phi) is 4.32. The first kappa shape index (κ1) is 13.0. The topological polar surface area (TPSA) is 57.6 Å². The van der Waals surface area contributed by atoms with Crippen molar-refractivity contribution in [3.63, 3.8) is 0 Å². The molecule has 0 saturated heterocycles. The summed E-state index contributed by atoms with van der Waals surface area (Å²) >= 11 is 9.07. The molecule has 1 rings (SSSR count). The molecule has 86 valence electrons. The number of carboxylic acid groups (broad SMARTS) is 1. The van der Waals surface area contributed by atoms with E-state index in [9.17, 15) is 9.59 Å². The van der Waals surface area contributed by atoms with E-state index in [4.69, 9.17) is 16.7 Å². The number of aliphatic carboxylic acids is 1. The van der Waals surface area contributed by atoms with Gasteiger partial charge < -0.3 is 10.0 Å². The smallest absolute Gasteiger partial charge is 0.323 e. The van der Waals surface area contributed by atoms with Crippen LogP contribution in [0.5, 0.6) is 0 Å². The number of carbonyl (C=O) groups is 2. The van der Waals surface area contributed by atoms with E-state index in [2.05, 4.69) is 15.9 Å². The van der Waals surface area contributed by atoms with Crippen LogP contribution in [0, 0.1) is 0 Å². The van der Waals surface area contributed by atoms with Gasteiger partial charge in [0.2, 0.25) is 0 Å². The second-order valence-corrected chi connectivity index (χ2v) is 4.50. The van der Waals surface area contributed by atoms with Gasteiger partial charge in [0, 0.05) is 11.5 Å². The molecule has 1 N–H and O–H groups in total. The predicted molar refractivity (Wildman–Crippen MR) is 63.7 cm³/mol. The highest BCUT2D eigenvalue weighted by Gasteiger charge is 2.17. The lowest BCUT2D eigenvalue weighted by atomic mass is 10.2. The van der Waals surface area contributed by atoms with Crippen LogP contribution in [0.3, 0.4) is 0 Å². The number of carboxylic acids is 1. The Bertz CT molecular complexity index is 436. The van der Waals surface area contributed by atoms with Crippen LogP contribution in [-0.4, -0.2) is 35.5 Å². The van der Waals surface area contributed by atoms with E-state index in [-0.39, 0.29) is 12.1 Å². The Morgan fingerprint density at radius 1 is 1.50 bits per heavy atom. The van der Waals surface area contributed by atoms with Crippen molar-refractivity contribution in [2.45, 2.75) is 0 Å². The van der Waals surface area contributed by atoms with Gasteiger partial charge in [-0.25, -0.2) is 0 Å². The summed E-state index contributed by atoms with van der Waals surface area (Å²) in [5, 5.41) is 8.86. The maximum atomic E-state index is 11.8. The zero-order valence-electron chi connectivity index (χ0n) is 8.41. The Hall–Kier alpha value is -1.07. The number of hydrogen-bond acceptors (Lipinski definition) is 2. The van der Waals surface area contributed by atoms with Crippen molar-refractivity contribution in [2.75, 3.05) is 13.6 Å². The van der Waals surface area contributed by atoms with Crippen molar-refractivity contribution < 1.29 is 14.7 Å². The third-order valence-corrected chi connectivity index (χ3v) is 2.70. The molecule has 0 heterocycles. The van der Waals surface area contributed by atoms with Gasteiger partial charge in [-0.05, 0) is 18.2 Å². The van der Waals surface area contributed by atoms with E-state index in [1.807, 2.05) is 0 Å². The third kappa shape index (κ3) is 3.21. The van der Waals surface area contributed by atoms with Crippen molar-refractivity contribution in [3.8, 4) is 0 Å². The highest BCUT2D eigenvalue weighted by atomic mass is 79.9. The normalized spacial score (nSPS) is 9.94. The summed E-state index contributed by atoms with van der Waals surface area (Å²) in [6.07, 6.45) is 0. The van der Waals surface area contributed by atoms with Gasteiger partial charge in [0.1, 0.15) is 6.54 Å². The molecule has 0 aliphatic heterocycles. The van der Waals surface area contributed by atoms with Gasteiger partial charge in [-0.3, -0.25) is 9.59 Å². The summed E-state index contributed by atoms with van der Waals surface area (Å²) in [7, 11) is 1.41. The van der Waals surface area contributed by atoms with Crippen molar-refractivity contribution in [1.82, 2.24) is 4.90 Å². The first-order valence-corrected chi connectivity index (χ1v) is 5.51. The molecule has 0 unspecified atom stereocenters. The van der Waals surface area contributed by atoms with Crippen LogP contribution in [0.15, 0.2) is 22.7 Å². The Labute approximate surface area is 106 Å². The number of halogens is 2. The number of nitrogens with zero attached hydrogens (tertiary/aromatic N) is 1. The molecule has 0 aromatic heterocycles. The maximum Gasteiger partial charge on any atom is 0.323 e. The van der Waals surface area contributed by atoms with Crippen LogP contribution in [0.2, 0.25) is 5.02 Å². The van der Waals surface area contributed by atoms with Gasteiger partial charge in [-0.1, -0.05) is 27.5 Å². The van der Waals surface area contributed by atoms with E-state index in [1.165, 1.54) is 7.05 Å². The molecule has 16 heavy (non-hydrogen) atoms. The van der Waals surface area contributed by atoms with Crippen LogP contribution in [0.1, 0.15) is 10.4 Å². The highest BCUT2D eigenvalue weighted by molar-refractivity contribution is 9.10. The van der Waals surface area contributed by atoms with E-state index in [1.54, 1.807) is 18.2 Å². The zero-order chi connectivity index (χ0) is 12.3. The molecule has 4 nitrogen and oxygen atoms in total. The fraction of sp³-hybridized carbons (Fsp3) is 0.200. The summed E-state index contributed by atoms with van der Waals surface area (Å²) in [6, 6.07) is 4.84. The van der Waals surface area contributed by atoms with Crippen molar-refractivity contribution in [2.24, 2.45) is 0 Å². The summed E-state index contributed by atoms with van der Waals surface area (Å²) in [5.74, 6) is -1.49. The summed E-state index contributed by atoms with van der Waals surface area (Å²) in [6.45, 7) is -0.359. The zero-order valence-corrected chi connectivity index (χ0v) is 10.7. The molecule has 0 aliphatic carbocycles. The van der Waals surface area contributed by atoms with Crippen molar-refractivity contribution in [3.05, 3.63) is 33.3 Å². The molecule has 0 radical (unpaired) electrons. The van der Waals surface area contributed by atoms with Gasteiger partial charge in [-0.15, -0.1) is 0 Å². The molecular weight excluding hydrogens is 297 g/mol. The van der Waals surface area contributed by atoms with E-state index >= 15 is 0 Å². The van der Waals surface area contributed by atoms with Gasteiger partial charge in [0.05, 0.1) is 10.6 Å². The van der Waals surface area contributed by atoms with Gasteiger partial charge >= 0.3 is 5.97 Å².